The molecule has 116 valence electrons. The number of aromatic nitrogens is 1. The van der Waals surface area contributed by atoms with Crippen LogP contribution in [0.3, 0.4) is 0 Å². The maximum atomic E-state index is 11.7. The monoisotopic (exact) mass is 306 g/mol. The Morgan fingerprint density at radius 2 is 1.87 bits per heavy atom. The molecule has 0 aliphatic heterocycles. The van der Waals surface area contributed by atoms with E-state index < -0.39 is 0 Å². The molecule has 0 aliphatic carbocycles. The molecule has 2 aromatic carbocycles. The van der Waals surface area contributed by atoms with Crippen LogP contribution in [0.15, 0.2) is 54.6 Å². The summed E-state index contributed by atoms with van der Waals surface area (Å²) in [5.74, 6) is 0.476. The average Bonchev–Trinajstić information content (AvgIpc) is 2.56. The maximum Gasteiger partial charge on any atom is 0.338 e. The summed E-state index contributed by atoms with van der Waals surface area (Å²) >= 11 is 0. The van der Waals surface area contributed by atoms with E-state index in [9.17, 15) is 4.79 Å². The topological polar surface area (TPSA) is 51.2 Å². The summed E-state index contributed by atoms with van der Waals surface area (Å²) in [7, 11) is 0. The molecule has 4 heteroatoms. The summed E-state index contributed by atoms with van der Waals surface area (Å²) < 4.78 is 4.98. The lowest BCUT2D eigenvalue weighted by Crippen LogP contribution is -2.04. The Labute approximate surface area is 135 Å². The fraction of sp³-hybridized carbons (Fsp3) is 0.158. The van der Waals surface area contributed by atoms with Crippen LogP contribution in [-0.4, -0.2) is 17.6 Å². The van der Waals surface area contributed by atoms with Gasteiger partial charge in [0.15, 0.2) is 0 Å². The van der Waals surface area contributed by atoms with Crippen LogP contribution < -0.4 is 5.32 Å². The van der Waals surface area contributed by atoms with Crippen LogP contribution in [0.25, 0.3) is 10.9 Å². The molecule has 1 heterocycles. The third-order valence-corrected chi connectivity index (χ3v) is 3.59. The number of carbonyl (C=O) groups excluding carboxylic acids is 1. The van der Waals surface area contributed by atoms with E-state index in [1.807, 2.05) is 36.4 Å². The van der Waals surface area contributed by atoms with Crippen LogP contribution in [-0.2, 0) is 4.74 Å². The average molecular weight is 306 g/mol. The summed E-state index contributed by atoms with van der Waals surface area (Å²) in [4.78, 5) is 16.3. The van der Waals surface area contributed by atoms with Crippen molar-refractivity contribution in [1.29, 1.82) is 0 Å². The Morgan fingerprint density at radius 1 is 1.13 bits per heavy atom. The van der Waals surface area contributed by atoms with Crippen molar-refractivity contribution in [1.82, 2.24) is 4.98 Å². The zero-order chi connectivity index (χ0) is 16.2. The number of carbonyl (C=O) groups is 1. The first-order chi connectivity index (χ1) is 11.2. The first kappa shape index (κ1) is 15.0. The maximum absolute atomic E-state index is 11.7. The van der Waals surface area contributed by atoms with E-state index in [2.05, 4.69) is 23.3 Å². The van der Waals surface area contributed by atoms with Gasteiger partial charge in [-0.15, -0.1) is 0 Å². The second kappa shape index (κ2) is 6.48. The molecule has 0 saturated carbocycles. The number of hydrogen-bond acceptors (Lipinski definition) is 4. The number of nitrogens with one attached hydrogen (secondary N) is 1. The molecule has 0 amide bonds. The predicted octanol–water partition coefficient (Wildman–Crippen LogP) is 4.46. The van der Waals surface area contributed by atoms with E-state index in [0.29, 0.717) is 12.2 Å². The largest absolute Gasteiger partial charge is 0.462 e. The van der Waals surface area contributed by atoms with E-state index in [0.717, 1.165) is 22.4 Å². The molecule has 1 aromatic heterocycles. The van der Waals surface area contributed by atoms with Crippen molar-refractivity contribution in [2.45, 2.75) is 13.8 Å². The number of nitrogens with zero attached hydrogens (tertiary/aromatic N) is 1. The summed E-state index contributed by atoms with van der Waals surface area (Å²) in [6.07, 6.45) is 0. The molecule has 3 aromatic rings. The number of pyridine rings is 1. The van der Waals surface area contributed by atoms with Gasteiger partial charge in [0.25, 0.3) is 0 Å². The van der Waals surface area contributed by atoms with Crippen molar-refractivity contribution in [2.24, 2.45) is 0 Å². The Hall–Kier alpha value is -2.88. The van der Waals surface area contributed by atoms with Gasteiger partial charge in [0.1, 0.15) is 5.82 Å². The minimum atomic E-state index is -0.307. The number of anilines is 2. The number of benzene rings is 2. The van der Waals surface area contributed by atoms with Gasteiger partial charge in [0.2, 0.25) is 0 Å². The zero-order valence-corrected chi connectivity index (χ0v) is 13.2. The highest BCUT2D eigenvalue weighted by molar-refractivity contribution is 5.90. The third-order valence-electron chi connectivity index (χ3n) is 3.59. The molecule has 0 atom stereocenters. The predicted molar refractivity (Wildman–Crippen MR) is 92.2 cm³/mol. The van der Waals surface area contributed by atoms with Gasteiger partial charge < -0.3 is 10.1 Å². The van der Waals surface area contributed by atoms with Gasteiger partial charge in [-0.2, -0.15) is 0 Å². The molecule has 0 aliphatic rings. The second-order valence-electron chi connectivity index (χ2n) is 5.26. The van der Waals surface area contributed by atoms with E-state index in [4.69, 9.17) is 4.74 Å². The van der Waals surface area contributed by atoms with E-state index in [-0.39, 0.29) is 5.97 Å². The third kappa shape index (κ3) is 3.31. The van der Waals surface area contributed by atoms with Crippen molar-refractivity contribution in [3.63, 3.8) is 0 Å². The molecule has 0 unspecified atom stereocenters. The van der Waals surface area contributed by atoms with Crippen molar-refractivity contribution >= 4 is 28.4 Å². The molecule has 0 saturated heterocycles. The quantitative estimate of drug-likeness (QED) is 0.723. The van der Waals surface area contributed by atoms with E-state index in [1.54, 1.807) is 19.1 Å². The summed E-state index contributed by atoms with van der Waals surface area (Å²) in [6, 6.07) is 17.2. The van der Waals surface area contributed by atoms with Crippen LogP contribution >= 0.6 is 0 Å². The standard InChI is InChI=1S/C19H18N2O2/c1-3-23-19(22)14-8-10-15(11-9-14)20-18-12-13(2)16-6-4-5-7-17(16)21-18/h4-12H,3H2,1-2H3,(H,20,21). The number of fused-ring (bicyclic) bond motifs is 1. The van der Waals surface area contributed by atoms with Gasteiger partial charge >= 0.3 is 5.97 Å². The smallest absolute Gasteiger partial charge is 0.338 e. The van der Waals surface area contributed by atoms with Crippen LogP contribution in [0.1, 0.15) is 22.8 Å². The number of para-hydroxylation sites is 1. The minimum Gasteiger partial charge on any atom is -0.462 e. The summed E-state index contributed by atoms with van der Waals surface area (Å²) in [5, 5.41) is 4.42. The fourth-order valence-electron chi connectivity index (χ4n) is 2.47. The normalized spacial score (nSPS) is 10.5. The van der Waals surface area contributed by atoms with Gasteiger partial charge in [-0.05, 0) is 55.8 Å². The number of ether oxygens (including phenoxy) is 1. The van der Waals surface area contributed by atoms with E-state index >= 15 is 0 Å². The first-order valence-corrected chi connectivity index (χ1v) is 7.58. The van der Waals surface area contributed by atoms with Gasteiger partial charge in [-0.1, -0.05) is 18.2 Å². The highest BCUT2D eigenvalue weighted by atomic mass is 16.5. The van der Waals surface area contributed by atoms with Gasteiger partial charge in [-0.25, -0.2) is 9.78 Å². The highest BCUT2D eigenvalue weighted by Gasteiger charge is 2.06. The Kier molecular flexibility index (Phi) is 4.24. The van der Waals surface area contributed by atoms with Crippen molar-refractivity contribution in [3.05, 3.63) is 65.7 Å². The Bertz CT molecular complexity index is 842. The van der Waals surface area contributed by atoms with E-state index in [1.165, 1.54) is 5.56 Å². The molecule has 23 heavy (non-hydrogen) atoms. The van der Waals surface area contributed by atoms with Gasteiger partial charge in [0, 0.05) is 11.1 Å². The van der Waals surface area contributed by atoms with Gasteiger partial charge in [0.05, 0.1) is 17.7 Å². The van der Waals surface area contributed by atoms with Gasteiger partial charge in [-0.3, -0.25) is 0 Å². The van der Waals surface area contributed by atoms with Crippen molar-refractivity contribution in [3.8, 4) is 0 Å². The minimum absolute atomic E-state index is 0.307. The molecule has 0 radical (unpaired) electrons. The number of esters is 1. The Balaban J connectivity index is 1.83. The molecule has 0 bridgehead atoms. The summed E-state index contributed by atoms with van der Waals surface area (Å²) in [6.45, 7) is 4.24. The van der Waals surface area contributed by atoms with Crippen LogP contribution in [0, 0.1) is 6.92 Å². The SMILES string of the molecule is CCOC(=O)c1ccc(Nc2cc(C)c3ccccc3n2)cc1. The lowest BCUT2D eigenvalue weighted by molar-refractivity contribution is 0.0526. The summed E-state index contributed by atoms with van der Waals surface area (Å²) in [5.41, 5.74) is 3.54. The second-order valence-corrected chi connectivity index (χ2v) is 5.26. The molecule has 4 nitrogen and oxygen atoms in total. The van der Waals surface area contributed by atoms with Crippen LogP contribution in [0.2, 0.25) is 0 Å². The molecule has 3 rings (SSSR count). The molecular formula is C19H18N2O2. The number of aryl methyl sites for hydroxylation is 1. The zero-order valence-electron chi connectivity index (χ0n) is 13.2. The van der Waals surface area contributed by atoms with Crippen molar-refractivity contribution < 1.29 is 9.53 Å². The molecule has 0 spiro atoms. The molecule has 1 N–H and O–H groups in total. The fourth-order valence-corrected chi connectivity index (χ4v) is 2.47. The molecular weight excluding hydrogens is 288 g/mol. The highest BCUT2D eigenvalue weighted by Crippen LogP contribution is 2.22. The van der Waals surface area contributed by atoms with Crippen LogP contribution in [0.5, 0.6) is 0 Å². The first-order valence-electron chi connectivity index (χ1n) is 7.58. The number of hydrogen-bond donors (Lipinski definition) is 1. The number of rotatable bonds is 4. The van der Waals surface area contributed by atoms with Crippen molar-refractivity contribution in [2.75, 3.05) is 11.9 Å². The lowest BCUT2D eigenvalue weighted by Gasteiger charge is -2.09. The van der Waals surface area contributed by atoms with Crippen LogP contribution in [0.4, 0.5) is 11.5 Å². The lowest BCUT2D eigenvalue weighted by atomic mass is 10.1. The Morgan fingerprint density at radius 3 is 2.61 bits per heavy atom. The molecule has 0 fully saturated rings.